The van der Waals surface area contributed by atoms with Crippen LogP contribution in [0.25, 0.3) is 0 Å². The Morgan fingerprint density at radius 3 is 2.56 bits per heavy atom. The van der Waals surface area contributed by atoms with Crippen molar-refractivity contribution >= 4 is 0 Å². The van der Waals surface area contributed by atoms with Crippen LogP contribution in [-0.2, 0) is 13.0 Å². The standard InChI is InChI=1S/C15H23NO2/c1-3-12-9-13(17)10-15(18-2)14(12)11-16-7-5-4-6-8-16/h9-10,17H,3-8,11H2,1-2H3. The van der Waals surface area contributed by atoms with E-state index in [4.69, 9.17) is 4.74 Å². The molecule has 1 aliphatic rings. The van der Waals surface area contributed by atoms with Gasteiger partial charge in [-0.05, 0) is 44.0 Å². The Hall–Kier alpha value is -1.22. The SMILES string of the molecule is CCc1cc(O)cc(OC)c1CN1CCCCC1. The number of methoxy groups -OCH3 is 1. The molecule has 0 radical (unpaired) electrons. The Bertz CT molecular complexity index is 372. The van der Waals surface area contributed by atoms with Gasteiger partial charge in [-0.15, -0.1) is 0 Å². The average molecular weight is 249 g/mol. The number of hydrogen-bond acceptors (Lipinski definition) is 3. The van der Waals surface area contributed by atoms with Crippen molar-refractivity contribution in [3.63, 3.8) is 0 Å². The number of hydrogen-bond donors (Lipinski definition) is 1. The van der Waals surface area contributed by atoms with Crippen LogP contribution in [0.3, 0.4) is 0 Å². The molecule has 3 nitrogen and oxygen atoms in total. The Morgan fingerprint density at radius 1 is 1.22 bits per heavy atom. The number of ether oxygens (including phenoxy) is 1. The van der Waals surface area contributed by atoms with Crippen molar-refractivity contribution in [3.05, 3.63) is 23.3 Å². The summed E-state index contributed by atoms with van der Waals surface area (Å²) in [5.74, 6) is 1.11. The fourth-order valence-corrected chi connectivity index (χ4v) is 2.71. The number of phenolic OH excluding ortho intramolecular Hbond substituents is 1. The van der Waals surface area contributed by atoms with E-state index in [9.17, 15) is 5.11 Å². The molecule has 1 heterocycles. The number of phenols is 1. The van der Waals surface area contributed by atoms with Gasteiger partial charge < -0.3 is 9.84 Å². The van der Waals surface area contributed by atoms with E-state index < -0.39 is 0 Å². The van der Waals surface area contributed by atoms with Crippen molar-refractivity contribution in [2.45, 2.75) is 39.2 Å². The zero-order valence-corrected chi connectivity index (χ0v) is 11.4. The van der Waals surface area contributed by atoms with Gasteiger partial charge in [-0.25, -0.2) is 0 Å². The van der Waals surface area contributed by atoms with Crippen molar-refractivity contribution in [3.8, 4) is 11.5 Å². The molecule has 0 aromatic heterocycles. The zero-order chi connectivity index (χ0) is 13.0. The van der Waals surface area contributed by atoms with Gasteiger partial charge in [-0.1, -0.05) is 13.3 Å². The maximum Gasteiger partial charge on any atom is 0.127 e. The first kappa shape index (κ1) is 13.2. The molecular formula is C15H23NO2. The Labute approximate surface area is 109 Å². The lowest BCUT2D eigenvalue weighted by Crippen LogP contribution is -2.29. The highest BCUT2D eigenvalue weighted by Gasteiger charge is 2.16. The molecule has 0 amide bonds. The molecule has 1 aliphatic heterocycles. The second-order valence-electron chi connectivity index (χ2n) is 4.98. The monoisotopic (exact) mass is 249 g/mol. The van der Waals surface area contributed by atoms with Crippen LogP contribution in [0.15, 0.2) is 12.1 Å². The minimum absolute atomic E-state index is 0.297. The Morgan fingerprint density at radius 2 is 1.94 bits per heavy atom. The highest BCUT2D eigenvalue weighted by Crippen LogP contribution is 2.30. The zero-order valence-electron chi connectivity index (χ0n) is 11.4. The molecule has 100 valence electrons. The summed E-state index contributed by atoms with van der Waals surface area (Å²) in [5.41, 5.74) is 2.43. The van der Waals surface area contributed by atoms with Gasteiger partial charge >= 0.3 is 0 Å². The summed E-state index contributed by atoms with van der Waals surface area (Å²) in [5, 5.41) is 9.69. The molecule has 3 heteroatoms. The smallest absolute Gasteiger partial charge is 0.127 e. The van der Waals surface area contributed by atoms with Gasteiger partial charge in [0.05, 0.1) is 7.11 Å². The van der Waals surface area contributed by atoms with Gasteiger partial charge in [-0.2, -0.15) is 0 Å². The van der Waals surface area contributed by atoms with Gasteiger partial charge in [0, 0.05) is 18.2 Å². The summed E-state index contributed by atoms with van der Waals surface area (Å²) in [7, 11) is 1.67. The fourth-order valence-electron chi connectivity index (χ4n) is 2.71. The summed E-state index contributed by atoms with van der Waals surface area (Å²) in [6.45, 7) is 5.40. The van der Waals surface area contributed by atoms with E-state index in [1.165, 1.54) is 43.5 Å². The first-order chi connectivity index (χ1) is 8.74. The number of aryl methyl sites for hydroxylation is 1. The highest BCUT2D eigenvalue weighted by molar-refractivity contribution is 5.46. The molecule has 0 atom stereocenters. The molecule has 0 bridgehead atoms. The quantitative estimate of drug-likeness (QED) is 0.890. The third kappa shape index (κ3) is 2.96. The van der Waals surface area contributed by atoms with Crippen LogP contribution >= 0.6 is 0 Å². The van der Waals surface area contributed by atoms with E-state index in [1.54, 1.807) is 13.2 Å². The van der Waals surface area contributed by atoms with Crippen molar-refractivity contribution in [1.82, 2.24) is 4.90 Å². The second-order valence-corrected chi connectivity index (χ2v) is 4.98. The number of likely N-dealkylation sites (tertiary alicyclic amines) is 1. The van der Waals surface area contributed by atoms with E-state index in [-0.39, 0.29) is 0 Å². The molecule has 0 saturated carbocycles. The third-order valence-corrected chi connectivity index (χ3v) is 3.72. The summed E-state index contributed by atoms with van der Waals surface area (Å²) in [6.07, 6.45) is 4.86. The molecule has 1 aromatic carbocycles. The van der Waals surface area contributed by atoms with Crippen LogP contribution < -0.4 is 4.74 Å². The van der Waals surface area contributed by atoms with Gasteiger partial charge in [0.2, 0.25) is 0 Å². The molecule has 18 heavy (non-hydrogen) atoms. The largest absolute Gasteiger partial charge is 0.508 e. The lowest BCUT2D eigenvalue weighted by Gasteiger charge is -2.28. The summed E-state index contributed by atoms with van der Waals surface area (Å²) in [4.78, 5) is 2.48. The molecule has 0 spiro atoms. The molecule has 1 N–H and O–H groups in total. The van der Waals surface area contributed by atoms with Crippen LogP contribution in [0.5, 0.6) is 11.5 Å². The van der Waals surface area contributed by atoms with Crippen molar-refractivity contribution < 1.29 is 9.84 Å². The van der Waals surface area contributed by atoms with Gasteiger partial charge in [0.15, 0.2) is 0 Å². The number of piperidine rings is 1. The first-order valence-corrected chi connectivity index (χ1v) is 6.85. The second kappa shape index (κ2) is 6.10. The minimum atomic E-state index is 0.297. The maximum absolute atomic E-state index is 9.69. The molecule has 1 fully saturated rings. The molecule has 2 rings (SSSR count). The number of rotatable bonds is 4. The molecule has 1 saturated heterocycles. The van der Waals surface area contributed by atoms with Gasteiger partial charge in [0.1, 0.15) is 11.5 Å². The van der Waals surface area contributed by atoms with Crippen LogP contribution in [-0.4, -0.2) is 30.2 Å². The topological polar surface area (TPSA) is 32.7 Å². The van der Waals surface area contributed by atoms with Crippen LogP contribution in [0.2, 0.25) is 0 Å². The van der Waals surface area contributed by atoms with E-state index in [0.29, 0.717) is 5.75 Å². The van der Waals surface area contributed by atoms with Gasteiger partial charge in [0.25, 0.3) is 0 Å². The average Bonchev–Trinajstić information content (AvgIpc) is 2.41. The third-order valence-electron chi connectivity index (χ3n) is 3.72. The lowest BCUT2D eigenvalue weighted by molar-refractivity contribution is 0.217. The highest BCUT2D eigenvalue weighted by atomic mass is 16.5. The predicted molar refractivity (Wildman–Crippen MR) is 73.2 cm³/mol. The number of benzene rings is 1. The Balaban J connectivity index is 2.23. The van der Waals surface area contributed by atoms with E-state index in [1.807, 2.05) is 6.07 Å². The molecule has 0 aliphatic carbocycles. The summed E-state index contributed by atoms with van der Waals surface area (Å²) >= 11 is 0. The van der Waals surface area contributed by atoms with E-state index >= 15 is 0 Å². The van der Waals surface area contributed by atoms with Crippen LogP contribution in [0, 0.1) is 0 Å². The lowest BCUT2D eigenvalue weighted by atomic mass is 10.0. The molecule has 1 aromatic rings. The summed E-state index contributed by atoms with van der Waals surface area (Å²) < 4.78 is 5.42. The van der Waals surface area contributed by atoms with E-state index in [2.05, 4.69) is 11.8 Å². The predicted octanol–water partition coefficient (Wildman–Crippen LogP) is 2.95. The van der Waals surface area contributed by atoms with Crippen molar-refractivity contribution in [2.75, 3.05) is 20.2 Å². The maximum atomic E-state index is 9.69. The minimum Gasteiger partial charge on any atom is -0.508 e. The molecular weight excluding hydrogens is 226 g/mol. The van der Waals surface area contributed by atoms with Gasteiger partial charge in [-0.3, -0.25) is 4.90 Å². The first-order valence-electron chi connectivity index (χ1n) is 6.85. The fraction of sp³-hybridized carbons (Fsp3) is 0.600. The summed E-state index contributed by atoms with van der Waals surface area (Å²) in [6, 6.07) is 3.58. The van der Waals surface area contributed by atoms with Crippen LogP contribution in [0.4, 0.5) is 0 Å². The number of nitrogens with zero attached hydrogens (tertiary/aromatic N) is 1. The van der Waals surface area contributed by atoms with Crippen molar-refractivity contribution in [1.29, 1.82) is 0 Å². The molecule has 0 unspecified atom stereocenters. The van der Waals surface area contributed by atoms with Crippen molar-refractivity contribution in [2.24, 2.45) is 0 Å². The van der Waals surface area contributed by atoms with E-state index in [0.717, 1.165) is 18.7 Å². The number of aromatic hydroxyl groups is 1. The normalized spacial score (nSPS) is 16.8. The van der Waals surface area contributed by atoms with Crippen LogP contribution in [0.1, 0.15) is 37.3 Å². The Kier molecular flexibility index (Phi) is 4.48.